The highest BCUT2D eigenvalue weighted by Crippen LogP contribution is 2.35. The zero-order valence-corrected chi connectivity index (χ0v) is 20.7. The lowest BCUT2D eigenvalue weighted by Crippen LogP contribution is -2.36. The zero-order valence-electron chi connectivity index (χ0n) is 20.0. The molecule has 7 heteroatoms. The predicted octanol–water partition coefficient (Wildman–Crippen LogP) is 5.44. The molecular formula is C29H28ClN3O3. The van der Waals surface area contributed by atoms with Crippen LogP contribution < -0.4 is 10.2 Å². The number of nitrogens with zero attached hydrogens (tertiary/aromatic N) is 2. The number of morpholine rings is 1. The van der Waals surface area contributed by atoms with E-state index in [4.69, 9.17) is 21.1 Å². The molecule has 1 aliphatic carbocycles. The van der Waals surface area contributed by atoms with E-state index in [2.05, 4.69) is 21.5 Å². The van der Waals surface area contributed by atoms with Crippen molar-refractivity contribution in [3.63, 3.8) is 0 Å². The summed E-state index contributed by atoms with van der Waals surface area (Å²) in [5, 5.41) is 7.03. The standard InChI is InChI=1S/C29H28ClN3O3/c30-25-12-8-21(9-13-25)18-23-10-11-24(29(23)33-14-16-35-17-15-33)19-31-32-28(34)20-36-27-7-3-5-22-4-1-2-6-26(22)27/h1-9,12-13,18-19H,10-11,14-17,20H2,(H,32,34)/b23-18+,31-19+. The minimum absolute atomic E-state index is 0.109. The Hall–Kier alpha value is -3.61. The number of amides is 1. The molecule has 1 amide bonds. The number of rotatable bonds is 7. The first-order valence-corrected chi connectivity index (χ1v) is 12.5. The number of carbonyl (C=O) groups is 1. The molecule has 0 aromatic heterocycles. The summed E-state index contributed by atoms with van der Waals surface area (Å²) >= 11 is 6.05. The van der Waals surface area contributed by atoms with Crippen LogP contribution in [0.2, 0.25) is 5.02 Å². The van der Waals surface area contributed by atoms with E-state index >= 15 is 0 Å². The summed E-state index contributed by atoms with van der Waals surface area (Å²) < 4.78 is 11.3. The normalized spacial score (nSPS) is 17.4. The lowest BCUT2D eigenvalue weighted by Gasteiger charge is -2.31. The van der Waals surface area contributed by atoms with Gasteiger partial charge in [0.1, 0.15) is 5.75 Å². The van der Waals surface area contributed by atoms with Gasteiger partial charge in [-0.15, -0.1) is 0 Å². The minimum Gasteiger partial charge on any atom is -0.483 e. The van der Waals surface area contributed by atoms with Crippen LogP contribution in [0.3, 0.4) is 0 Å². The molecule has 2 aliphatic rings. The second-order valence-corrected chi connectivity index (χ2v) is 9.19. The van der Waals surface area contributed by atoms with Crippen molar-refractivity contribution in [2.24, 2.45) is 5.10 Å². The van der Waals surface area contributed by atoms with E-state index in [1.165, 1.54) is 11.3 Å². The van der Waals surface area contributed by atoms with Gasteiger partial charge in [0.15, 0.2) is 6.61 Å². The molecule has 0 radical (unpaired) electrons. The number of hydrazone groups is 1. The van der Waals surface area contributed by atoms with Gasteiger partial charge in [-0.05, 0) is 59.2 Å². The number of hydrogen-bond acceptors (Lipinski definition) is 5. The summed E-state index contributed by atoms with van der Waals surface area (Å²) in [6.07, 6.45) is 5.74. The molecule has 0 spiro atoms. The highest BCUT2D eigenvalue weighted by atomic mass is 35.5. The van der Waals surface area contributed by atoms with E-state index in [1.54, 1.807) is 6.21 Å². The second kappa shape index (κ2) is 11.4. The fraction of sp³-hybridized carbons (Fsp3) is 0.241. The van der Waals surface area contributed by atoms with Crippen molar-refractivity contribution < 1.29 is 14.3 Å². The molecule has 5 rings (SSSR count). The van der Waals surface area contributed by atoms with Crippen molar-refractivity contribution >= 4 is 40.6 Å². The lowest BCUT2D eigenvalue weighted by atomic mass is 10.1. The van der Waals surface area contributed by atoms with E-state index in [0.717, 1.165) is 52.9 Å². The second-order valence-electron chi connectivity index (χ2n) is 8.75. The molecule has 3 aromatic rings. The van der Waals surface area contributed by atoms with Gasteiger partial charge in [-0.2, -0.15) is 5.10 Å². The highest BCUT2D eigenvalue weighted by Gasteiger charge is 2.25. The van der Waals surface area contributed by atoms with Gasteiger partial charge in [0.25, 0.3) is 5.91 Å². The molecule has 1 saturated heterocycles. The number of hydrogen-bond donors (Lipinski definition) is 1. The maximum Gasteiger partial charge on any atom is 0.277 e. The summed E-state index contributed by atoms with van der Waals surface area (Å²) in [5.41, 5.74) is 7.26. The predicted molar refractivity (Wildman–Crippen MR) is 144 cm³/mol. The number of benzene rings is 3. The zero-order chi connectivity index (χ0) is 24.7. The van der Waals surface area contributed by atoms with Crippen LogP contribution in [0.4, 0.5) is 0 Å². The van der Waals surface area contributed by atoms with Crippen LogP contribution in [0, 0.1) is 0 Å². The highest BCUT2D eigenvalue weighted by molar-refractivity contribution is 6.30. The van der Waals surface area contributed by atoms with E-state index in [9.17, 15) is 4.79 Å². The molecule has 6 nitrogen and oxygen atoms in total. The third-order valence-electron chi connectivity index (χ3n) is 6.33. The van der Waals surface area contributed by atoms with Crippen molar-refractivity contribution in [3.05, 3.63) is 94.2 Å². The van der Waals surface area contributed by atoms with Crippen LogP contribution in [0.15, 0.2) is 88.7 Å². The summed E-state index contributed by atoms with van der Waals surface area (Å²) in [6, 6.07) is 21.6. The third kappa shape index (κ3) is 5.78. The van der Waals surface area contributed by atoms with Gasteiger partial charge in [0, 0.05) is 29.2 Å². The molecule has 1 heterocycles. The Labute approximate surface area is 215 Å². The molecular weight excluding hydrogens is 474 g/mol. The molecule has 36 heavy (non-hydrogen) atoms. The quantitative estimate of drug-likeness (QED) is 0.346. The van der Waals surface area contributed by atoms with Crippen molar-refractivity contribution in [1.82, 2.24) is 10.3 Å². The molecule has 1 fully saturated rings. The Morgan fingerprint density at radius 2 is 1.81 bits per heavy atom. The van der Waals surface area contributed by atoms with Crippen molar-refractivity contribution in [3.8, 4) is 5.75 Å². The summed E-state index contributed by atoms with van der Waals surface area (Å²) in [7, 11) is 0. The van der Waals surface area contributed by atoms with Gasteiger partial charge in [-0.1, -0.05) is 60.1 Å². The van der Waals surface area contributed by atoms with Crippen LogP contribution in [0.1, 0.15) is 18.4 Å². The van der Waals surface area contributed by atoms with Crippen LogP contribution in [-0.2, 0) is 9.53 Å². The van der Waals surface area contributed by atoms with E-state index in [0.29, 0.717) is 19.0 Å². The molecule has 184 valence electrons. The average Bonchev–Trinajstić information content (AvgIpc) is 3.31. The number of ether oxygens (including phenoxy) is 2. The first-order valence-electron chi connectivity index (χ1n) is 12.1. The Morgan fingerprint density at radius 1 is 1.03 bits per heavy atom. The number of nitrogens with one attached hydrogen (secondary N) is 1. The first-order chi connectivity index (χ1) is 17.7. The third-order valence-corrected chi connectivity index (χ3v) is 6.58. The summed E-state index contributed by atoms with van der Waals surface area (Å²) in [6.45, 7) is 2.95. The SMILES string of the molecule is O=C(COc1cccc2ccccc12)N/N=C/C1=C(N2CCOCC2)C(=C/c2ccc(Cl)cc2)/CC1. The Bertz CT molecular complexity index is 1320. The molecule has 0 atom stereocenters. The monoisotopic (exact) mass is 501 g/mol. The van der Waals surface area contributed by atoms with Crippen molar-refractivity contribution in [1.29, 1.82) is 0 Å². The summed E-state index contributed by atoms with van der Waals surface area (Å²) in [4.78, 5) is 14.8. The molecule has 1 N–H and O–H groups in total. The largest absolute Gasteiger partial charge is 0.483 e. The number of halogens is 1. The topological polar surface area (TPSA) is 63.2 Å². The van der Waals surface area contributed by atoms with E-state index in [-0.39, 0.29) is 12.5 Å². The fourth-order valence-electron chi connectivity index (χ4n) is 4.61. The Balaban J connectivity index is 1.28. The Kier molecular flexibility index (Phi) is 7.64. The van der Waals surface area contributed by atoms with Crippen LogP contribution in [0.5, 0.6) is 5.75 Å². The smallest absolute Gasteiger partial charge is 0.277 e. The van der Waals surface area contributed by atoms with E-state index in [1.807, 2.05) is 66.7 Å². The van der Waals surface area contributed by atoms with Crippen molar-refractivity contribution in [2.45, 2.75) is 12.8 Å². The van der Waals surface area contributed by atoms with Crippen molar-refractivity contribution in [2.75, 3.05) is 32.9 Å². The molecule has 0 bridgehead atoms. The van der Waals surface area contributed by atoms with Crippen LogP contribution in [0.25, 0.3) is 16.8 Å². The number of carbonyl (C=O) groups excluding carboxylic acids is 1. The fourth-order valence-corrected chi connectivity index (χ4v) is 4.74. The van der Waals surface area contributed by atoms with Gasteiger partial charge < -0.3 is 14.4 Å². The Morgan fingerprint density at radius 3 is 2.64 bits per heavy atom. The van der Waals surface area contributed by atoms with Gasteiger partial charge in [0.05, 0.1) is 19.4 Å². The number of allylic oxidation sites excluding steroid dienone is 2. The molecule has 1 aliphatic heterocycles. The minimum atomic E-state index is -0.303. The van der Waals surface area contributed by atoms with Gasteiger partial charge in [0.2, 0.25) is 0 Å². The maximum absolute atomic E-state index is 12.4. The lowest BCUT2D eigenvalue weighted by molar-refractivity contribution is -0.123. The molecule has 3 aromatic carbocycles. The number of fused-ring (bicyclic) bond motifs is 1. The van der Waals surface area contributed by atoms with E-state index < -0.39 is 0 Å². The molecule has 0 saturated carbocycles. The van der Waals surface area contributed by atoms with Crippen LogP contribution >= 0.6 is 11.6 Å². The molecule has 0 unspecified atom stereocenters. The average molecular weight is 502 g/mol. The maximum atomic E-state index is 12.4. The summed E-state index contributed by atoms with van der Waals surface area (Å²) in [5.74, 6) is 0.375. The first kappa shape index (κ1) is 24.1. The van der Waals surface area contributed by atoms with Gasteiger partial charge >= 0.3 is 0 Å². The van der Waals surface area contributed by atoms with Gasteiger partial charge in [-0.25, -0.2) is 5.43 Å². The van der Waals surface area contributed by atoms with Gasteiger partial charge in [-0.3, -0.25) is 4.79 Å². The van der Waals surface area contributed by atoms with Crippen LogP contribution in [-0.4, -0.2) is 49.9 Å².